The molecule has 2 bridgehead atoms. The predicted molar refractivity (Wildman–Crippen MR) is 47.3 cm³/mol. The van der Waals surface area contributed by atoms with Gasteiger partial charge in [0.1, 0.15) is 0 Å². The van der Waals surface area contributed by atoms with E-state index in [1.54, 1.807) is 5.92 Å². The van der Waals surface area contributed by atoms with Crippen LogP contribution in [-0.2, 0) is 32.7 Å². The van der Waals surface area contributed by atoms with Crippen LogP contribution in [0.3, 0.4) is 0 Å². The molecule has 2 heterocycles. The Morgan fingerprint density at radius 2 is 1.75 bits per heavy atom. The monoisotopic (exact) mass is 241 g/mol. The molecule has 3 rings (SSSR count). The van der Waals surface area contributed by atoms with Crippen LogP contribution in [0.15, 0.2) is 0 Å². The van der Waals surface area contributed by atoms with Crippen LogP contribution in [0.5, 0.6) is 0 Å². The summed E-state index contributed by atoms with van der Waals surface area (Å²) in [6, 6.07) is 2.59. The molecule has 0 spiro atoms. The van der Waals surface area contributed by atoms with E-state index in [0.717, 1.165) is 18.1 Å². The van der Waals surface area contributed by atoms with Crippen molar-refractivity contribution in [3.05, 3.63) is 5.92 Å². The summed E-state index contributed by atoms with van der Waals surface area (Å²) in [5.41, 5.74) is 0. The molecular weight excluding hydrogens is 223 g/mol. The zero-order valence-corrected chi connectivity index (χ0v) is 11.2. The van der Waals surface area contributed by atoms with Gasteiger partial charge in [-0.2, -0.15) is 19.8 Å². The first-order valence-corrected chi connectivity index (χ1v) is 4.77. The van der Waals surface area contributed by atoms with Crippen molar-refractivity contribution in [3.8, 4) is 0 Å². The van der Waals surface area contributed by atoms with Crippen LogP contribution in [0.1, 0.15) is 40.0 Å². The minimum atomic E-state index is 0. The molecule has 0 aromatic carbocycles. The van der Waals surface area contributed by atoms with Gasteiger partial charge in [-0.05, 0) is 32.4 Å². The molecule has 2 heteroatoms. The normalized spacial score (nSPS) is 36.0. The first kappa shape index (κ1) is 11.1. The van der Waals surface area contributed by atoms with Crippen molar-refractivity contribution in [3.63, 3.8) is 0 Å². The van der Waals surface area contributed by atoms with Crippen LogP contribution < -0.4 is 0 Å². The molecule has 1 aliphatic carbocycles. The van der Waals surface area contributed by atoms with Gasteiger partial charge in [-0.3, -0.25) is 4.90 Å². The first-order chi connectivity index (χ1) is 5.18. The van der Waals surface area contributed by atoms with Crippen LogP contribution in [0.2, 0.25) is 0 Å². The topological polar surface area (TPSA) is 3.24 Å². The first-order valence-electron chi connectivity index (χ1n) is 4.77. The van der Waals surface area contributed by atoms with Gasteiger partial charge < -0.3 is 5.92 Å². The molecule has 67 valence electrons. The van der Waals surface area contributed by atoms with E-state index in [9.17, 15) is 0 Å². The van der Waals surface area contributed by atoms with Crippen LogP contribution in [0.25, 0.3) is 0 Å². The van der Waals surface area contributed by atoms with Crippen molar-refractivity contribution >= 4 is 0 Å². The fourth-order valence-electron chi connectivity index (χ4n) is 2.83. The summed E-state index contributed by atoms with van der Waals surface area (Å²) in [6.07, 6.45) is 4.21. The Morgan fingerprint density at radius 1 is 1.25 bits per heavy atom. The van der Waals surface area contributed by atoms with E-state index >= 15 is 0 Å². The Balaban J connectivity index is 0.000000720. The van der Waals surface area contributed by atoms with E-state index in [0.29, 0.717) is 0 Å². The SMILES string of the molecule is C[C-]1CC2CC(C1)N2C(C)C.[Y]. The van der Waals surface area contributed by atoms with E-state index in [1.807, 2.05) is 0 Å². The van der Waals surface area contributed by atoms with Crippen molar-refractivity contribution < 1.29 is 32.7 Å². The Hall–Kier alpha value is 1.06. The minimum Gasteiger partial charge on any atom is -0.314 e. The number of piperidine rings is 1. The minimum absolute atomic E-state index is 0. The van der Waals surface area contributed by atoms with Crippen LogP contribution in [0, 0.1) is 5.92 Å². The van der Waals surface area contributed by atoms with Crippen molar-refractivity contribution in [2.45, 2.75) is 58.2 Å². The smallest absolute Gasteiger partial charge is 0.00423 e. The molecule has 1 saturated carbocycles. The number of fused-ring (bicyclic) bond motifs is 2. The zero-order valence-electron chi connectivity index (χ0n) is 8.38. The molecule has 2 unspecified atom stereocenters. The van der Waals surface area contributed by atoms with Crippen LogP contribution in [-0.4, -0.2) is 23.0 Å². The summed E-state index contributed by atoms with van der Waals surface area (Å²) in [6.45, 7) is 6.95. The molecule has 3 fully saturated rings. The maximum atomic E-state index is 2.69. The molecular formula is C10H18NY-. The third-order valence-corrected chi connectivity index (χ3v) is 3.15. The predicted octanol–water partition coefficient (Wildman–Crippen LogP) is 2.22. The van der Waals surface area contributed by atoms with Crippen LogP contribution >= 0.6 is 0 Å². The van der Waals surface area contributed by atoms with E-state index in [1.165, 1.54) is 19.3 Å². The Bertz CT molecular complexity index is 146. The molecule has 0 aromatic rings. The standard InChI is InChI=1S/C10H18N.Y/c1-7(2)11-9-4-8(3)5-10(11)6-9;/h7,9-10H,4-6H2,1-3H3;/q-1;. The maximum absolute atomic E-state index is 2.69. The average molecular weight is 241 g/mol. The fraction of sp³-hybridized carbons (Fsp3) is 0.900. The largest absolute Gasteiger partial charge is 0.314 e. The van der Waals surface area contributed by atoms with Gasteiger partial charge in [0.2, 0.25) is 0 Å². The van der Waals surface area contributed by atoms with Crippen molar-refractivity contribution in [2.75, 3.05) is 0 Å². The quantitative estimate of drug-likeness (QED) is 0.636. The summed E-state index contributed by atoms with van der Waals surface area (Å²) in [5, 5.41) is 0. The van der Waals surface area contributed by atoms with Crippen molar-refractivity contribution in [1.29, 1.82) is 0 Å². The van der Waals surface area contributed by atoms with Gasteiger partial charge in [0.05, 0.1) is 0 Å². The van der Waals surface area contributed by atoms with Crippen molar-refractivity contribution in [1.82, 2.24) is 4.90 Å². The Kier molecular flexibility index (Phi) is 3.77. The second kappa shape index (κ2) is 4.06. The van der Waals surface area contributed by atoms with Gasteiger partial charge in [0.15, 0.2) is 0 Å². The van der Waals surface area contributed by atoms with Crippen molar-refractivity contribution in [2.24, 2.45) is 0 Å². The zero-order chi connectivity index (χ0) is 8.01. The Labute approximate surface area is 101 Å². The van der Waals surface area contributed by atoms with Gasteiger partial charge in [-0.1, -0.05) is 0 Å². The summed E-state index contributed by atoms with van der Waals surface area (Å²) in [5.74, 6) is 1.73. The fourth-order valence-corrected chi connectivity index (χ4v) is 2.83. The van der Waals surface area contributed by atoms with E-state index in [4.69, 9.17) is 0 Å². The number of hydrogen-bond donors (Lipinski definition) is 0. The van der Waals surface area contributed by atoms with E-state index in [-0.39, 0.29) is 32.7 Å². The average Bonchev–Trinajstić information content (AvgIpc) is 1.84. The number of hydrogen-bond acceptors (Lipinski definition) is 1. The maximum Gasteiger partial charge on any atom is 0.00423 e. The second-order valence-electron chi connectivity index (χ2n) is 4.45. The van der Waals surface area contributed by atoms with Gasteiger partial charge in [-0.25, -0.2) is 0 Å². The summed E-state index contributed by atoms with van der Waals surface area (Å²) >= 11 is 0. The van der Waals surface area contributed by atoms with Gasteiger partial charge in [-0.15, -0.1) is 0 Å². The van der Waals surface area contributed by atoms with E-state index < -0.39 is 0 Å². The molecule has 3 aliphatic rings. The van der Waals surface area contributed by atoms with Gasteiger partial charge in [0, 0.05) is 38.8 Å². The molecule has 0 aromatic heterocycles. The molecule has 1 radical (unpaired) electrons. The number of rotatable bonds is 1. The summed E-state index contributed by atoms with van der Waals surface area (Å²) < 4.78 is 0. The molecule has 0 amide bonds. The summed E-state index contributed by atoms with van der Waals surface area (Å²) in [7, 11) is 0. The molecule has 0 N–H and O–H groups in total. The van der Waals surface area contributed by atoms with E-state index in [2.05, 4.69) is 25.7 Å². The Morgan fingerprint density at radius 3 is 2.17 bits per heavy atom. The second-order valence-corrected chi connectivity index (χ2v) is 4.45. The molecule has 1 nitrogen and oxygen atoms in total. The van der Waals surface area contributed by atoms with Gasteiger partial charge >= 0.3 is 0 Å². The molecule has 12 heavy (non-hydrogen) atoms. The van der Waals surface area contributed by atoms with Gasteiger partial charge in [0.25, 0.3) is 0 Å². The molecule has 2 aliphatic heterocycles. The molecule has 2 atom stereocenters. The summed E-state index contributed by atoms with van der Waals surface area (Å²) in [4.78, 5) is 2.69. The van der Waals surface area contributed by atoms with Crippen LogP contribution in [0.4, 0.5) is 0 Å². The third kappa shape index (κ3) is 1.78. The third-order valence-electron chi connectivity index (χ3n) is 3.15. The molecule has 2 saturated heterocycles. The number of nitrogens with zero attached hydrogens (tertiary/aromatic N) is 1.